The van der Waals surface area contributed by atoms with E-state index >= 15 is 0 Å². The summed E-state index contributed by atoms with van der Waals surface area (Å²) in [6, 6.07) is 10.3. The molecule has 5 rings (SSSR count). The van der Waals surface area contributed by atoms with Gasteiger partial charge in [0.1, 0.15) is 18.4 Å². The fraction of sp³-hybridized carbons (Fsp3) is 0.375. The van der Waals surface area contributed by atoms with Gasteiger partial charge in [0.2, 0.25) is 5.91 Å². The number of nitrogens with zero attached hydrogens (tertiary/aromatic N) is 4. The third kappa shape index (κ3) is 7.45. The predicted octanol–water partition coefficient (Wildman–Crippen LogP) is 3.06. The van der Waals surface area contributed by atoms with Crippen LogP contribution in [0.3, 0.4) is 0 Å². The fourth-order valence-electron chi connectivity index (χ4n) is 6.02. The van der Waals surface area contributed by atoms with E-state index in [0.29, 0.717) is 24.0 Å². The quantitative estimate of drug-likeness (QED) is 0.0922. The molecule has 1 fully saturated rings. The summed E-state index contributed by atoms with van der Waals surface area (Å²) in [5.41, 5.74) is 2.78. The Morgan fingerprint density at radius 3 is 2.36 bits per heavy atom. The number of nitrogens with one attached hydrogen (secondary N) is 3. The van der Waals surface area contributed by atoms with Gasteiger partial charge >= 0.3 is 12.1 Å². The number of esters is 1. The number of hydrogen-bond donors (Lipinski definition) is 3. The minimum Gasteiger partial charge on any atom is -0.465 e. The summed E-state index contributed by atoms with van der Waals surface area (Å²) in [4.78, 5) is 64.0. The highest BCUT2D eigenvalue weighted by Crippen LogP contribution is 2.43. The zero-order chi connectivity index (χ0) is 33.7. The van der Waals surface area contributed by atoms with Crippen molar-refractivity contribution >= 4 is 35.4 Å². The first-order chi connectivity index (χ1) is 22.6. The number of carbonyl (C=O) groups excluding carboxylic acids is 4. The predicted molar refractivity (Wildman–Crippen MR) is 167 cm³/mol. The average molecular weight is 646 g/mol. The molecule has 3 N–H and O–H groups in total. The molecule has 2 bridgehead atoms. The van der Waals surface area contributed by atoms with Gasteiger partial charge in [-0.1, -0.05) is 24.3 Å². The molecule has 15 nitrogen and oxygen atoms in total. The molecule has 0 aliphatic carbocycles. The number of nitro groups is 1. The van der Waals surface area contributed by atoms with Gasteiger partial charge in [0.05, 0.1) is 29.9 Å². The van der Waals surface area contributed by atoms with Crippen LogP contribution in [0.5, 0.6) is 0 Å². The Balaban J connectivity index is 1.36. The second-order valence-electron chi connectivity index (χ2n) is 11.2. The molecule has 47 heavy (non-hydrogen) atoms. The number of carbonyl (C=O) groups is 4. The Morgan fingerprint density at radius 1 is 1.02 bits per heavy atom. The van der Waals surface area contributed by atoms with E-state index in [1.54, 1.807) is 37.1 Å². The number of hydrogen-bond acceptors (Lipinski definition) is 10. The molecule has 3 aromatic rings. The molecule has 2 unspecified atom stereocenters. The van der Waals surface area contributed by atoms with Crippen LogP contribution < -0.4 is 10.6 Å². The topological polar surface area (TPSA) is 199 Å². The van der Waals surface area contributed by atoms with Gasteiger partial charge in [0, 0.05) is 53.9 Å². The summed E-state index contributed by atoms with van der Waals surface area (Å²) in [5.74, 6) is -1.44. The van der Waals surface area contributed by atoms with E-state index in [2.05, 4.69) is 15.7 Å². The smallest absolute Gasteiger partial charge is 0.412 e. The molecule has 3 amide bonds. The van der Waals surface area contributed by atoms with Crippen LogP contribution in [0, 0.1) is 15.5 Å². The number of non-ortho nitro benzene ring substituents is 1. The molecule has 0 radical (unpaired) electrons. The number of fused-ring (bicyclic) bond motifs is 4. The van der Waals surface area contributed by atoms with Crippen LogP contribution in [0.1, 0.15) is 65.5 Å². The minimum absolute atomic E-state index is 0.0395. The first-order valence-corrected chi connectivity index (χ1v) is 15.3. The van der Waals surface area contributed by atoms with E-state index in [9.17, 15) is 29.3 Å². The van der Waals surface area contributed by atoms with Crippen LogP contribution in [0.4, 0.5) is 10.5 Å². The highest BCUT2D eigenvalue weighted by molar-refractivity contribution is 6.05. The van der Waals surface area contributed by atoms with Crippen molar-refractivity contribution in [2.75, 3.05) is 13.2 Å². The van der Waals surface area contributed by atoms with Gasteiger partial charge in [-0.3, -0.25) is 39.9 Å². The van der Waals surface area contributed by atoms with Gasteiger partial charge < -0.3 is 19.7 Å². The third-order valence-electron chi connectivity index (χ3n) is 8.14. The molecular formula is C32H35N7O8. The van der Waals surface area contributed by atoms with E-state index in [4.69, 9.17) is 14.9 Å². The van der Waals surface area contributed by atoms with Crippen LogP contribution in [-0.2, 0) is 38.4 Å². The lowest BCUT2D eigenvalue weighted by atomic mass is 9.97. The second kappa shape index (κ2) is 14.2. The zero-order valence-corrected chi connectivity index (χ0v) is 25.9. The molecule has 246 valence electrons. The maximum absolute atomic E-state index is 14.3. The van der Waals surface area contributed by atoms with E-state index in [1.165, 1.54) is 41.1 Å². The van der Waals surface area contributed by atoms with E-state index in [1.807, 2.05) is 0 Å². The van der Waals surface area contributed by atoms with E-state index in [0.717, 1.165) is 17.7 Å². The number of aromatic nitrogens is 2. The van der Waals surface area contributed by atoms with E-state index in [-0.39, 0.29) is 61.3 Å². The van der Waals surface area contributed by atoms with Gasteiger partial charge in [-0.25, -0.2) is 4.79 Å². The zero-order valence-electron chi connectivity index (χ0n) is 25.9. The van der Waals surface area contributed by atoms with Gasteiger partial charge in [0.25, 0.3) is 11.6 Å². The van der Waals surface area contributed by atoms with Crippen molar-refractivity contribution in [2.45, 2.75) is 64.2 Å². The van der Waals surface area contributed by atoms with Crippen LogP contribution >= 0.6 is 0 Å². The average Bonchev–Trinajstić information content (AvgIpc) is 3.60. The number of ether oxygens (including phenoxy) is 2. The van der Waals surface area contributed by atoms with E-state index < -0.39 is 28.9 Å². The normalized spacial score (nSPS) is 16.9. The summed E-state index contributed by atoms with van der Waals surface area (Å²) in [7, 11) is 0. The van der Waals surface area contributed by atoms with Crippen molar-refractivity contribution in [2.24, 2.45) is 0 Å². The fourth-order valence-corrected chi connectivity index (χ4v) is 6.02. The van der Waals surface area contributed by atoms with Crippen molar-refractivity contribution in [3.63, 3.8) is 0 Å². The first kappa shape index (κ1) is 32.8. The molecule has 3 atom stereocenters. The molecule has 15 heteroatoms. The first-order valence-electron chi connectivity index (χ1n) is 15.3. The van der Waals surface area contributed by atoms with Crippen molar-refractivity contribution < 1.29 is 33.6 Å². The molecule has 0 saturated carbocycles. The molecule has 2 aliphatic rings. The number of amides is 3. The summed E-state index contributed by atoms with van der Waals surface area (Å²) < 4.78 is 11.4. The van der Waals surface area contributed by atoms with Gasteiger partial charge in [-0.2, -0.15) is 5.10 Å². The molecule has 3 heterocycles. The summed E-state index contributed by atoms with van der Waals surface area (Å²) in [6.07, 6.45) is 3.03. The van der Waals surface area contributed by atoms with Crippen LogP contribution in [-0.4, -0.2) is 74.6 Å². The maximum Gasteiger partial charge on any atom is 0.412 e. The summed E-state index contributed by atoms with van der Waals surface area (Å²) in [5, 5.41) is 29.0. The molecular weight excluding hydrogens is 610 g/mol. The number of rotatable bonds is 11. The van der Waals surface area contributed by atoms with Crippen LogP contribution in [0.15, 0.2) is 54.7 Å². The molecule has 2 aliphatic heterocycles. The third-order valence-corrected chi connectivity index (χ3v) is 8.14. The number of benzene rings is 2. The Kier molecular flexibility index (Phi) is 9.92. The van der Waals surface area contributed by atoms with Gasteiger partial charge in [0.15, 0.2) is 0 Å². The van der Waals surface area contributed by atoms with Crippen LogP contribution in [0.2, 0.25) is 0 Å². The standard InChI is InChI=1S/C32H35N7O8/c1-3-46-28(40)18-37-17-24-25(36-37)16-23-13-14-27(24)38(23)31(42)26(15-19-5-11-22(12-6-19)39(44)45)34-30(41)21-9-7-20(8-10-21)29(33)35-32(43)47-4-2/h5-12,17,23,26-27H,3-4,13-16,18H2,1-2H3,(H,34,41)(H2,33,35,43)/t23?,26-,27?/m0/s1. The van der Waals surface area contributed by atoms with Crippen molar-refractivity contribution in [3.05, 3.63) is 92.8 Å². The lowest BCUT2D eigenvalue weighted by Gasteiger charge is -2.37. The van der Waals surface area contributed by atoms with Crippen LogP contribution in [0.25, 0.3) is 0 Å². The Hall–Kier alpha value is -5.60. The lowest BCUT2D eigenvalue weighted by Crippen LogP contribution is -2.53. The maximum atomic E-state index is 14.3. The highest BCUT2D eigenvalue weighted by atomic mass is 16.6. The summed E-state index contributed by atoms with van der Waals surface area (Å²) in [6.45, 7) is 3.74. The molecule has 0 spiro atoms. The SMILES string of the molecule is CCOC(=O)Cn1cc2c(n1)CC1CCC2N1C(=O)[C@H](Cc1ccc([N+](=O)[O-])cc1)NC(=O)c1ccc(C(=N)NC(=O)OCC)cc1. The number of nitro benzene ring substituents is 1. The van der Waals surface area contributed by atoms with Crippen molar-refractivity contribution in [1.29, 1.82) is 5.41 Å². The number of amidine groups is 1. The van der Waals surface area contributed by atoms with Gasteiger partial charge in [-0.15, -0.1) is 0 Å². The molecule has 2 aromatic carbocycles. The minimum atomic E-state index is -1.01. The molecule has 1 saturated heterocycles. The van der Waals surface area contributed by atoms with Crippen molar-refractivity contribution in [1.82, 2.24) is 25.3 Å². The largest absolute Gasteiger partial charge is 0.465 e. The van der Waals surface area contributed by atoms with Crippen molar-refractivity contribution in [3.8, 4) is 0 Å². The monoisotopic (exact) mass is 645 g/mol. The Bertz CT molecular complexity index is 1690. The Labute approximate surface area is 269 Å². The number of alkyl carbamates (subject to hydrolysis) is 1. The summed E-state index contributed by atoms with van der Waals surface area (Å²) >= 11 is 0. The molecule has 1 aromatic heterocycles. The lowest BCUT2D eigenvalue weighted by molar-refractivity contribution is -0.384. The highest BCUT2D eigenvalue weighted by Gasteiger charge is 2.46. The second-order valence-corrected chi connectivity index (χ2v) is 11.2. The Morgan fingerprint density at radius 2 is 1.70 bits per heavy atom. The van der Waals surface area contributed by atoms with Gasteiger partial charge in [-0.05, 0) is 44.4 Å².